The van der Waals surface area contributed by atoms with Crippen molar-refractivity contribution < 1.29 is 49.1 Å². The van der Waals surface area contributed by atoms with Crippen LogP contribution in [0.25, 0.3) is 11.3 Å². The van der Waals surface area contributed by atoms with Crippen molar-refractivity contribution in [1.29, 1.82) is 0 Å². The van der Waals surface area contributed by atoms with E-state index in [0.29, 0.717) is 24.0 Å². The number of aromatic nitrogens is 2. The topological polar surface area (TPSA) is 119 Å². The molecule has 1 aliphatic carbocycles. The smallest absolute Gasteiger partial charge is 0.422 e. The summed E-state index contributed by atoms with van der Waals surface area (Å²) in [6.07, 6.45) is -7.56. The quantitative estimate of drug-likeness (QED) is 0.403. The van der Waals surface area contributed by atoms with E-state index < -0.39 is 57.5 Å². The Morgan fingerprint density at radius 1 is 1.12 bits per heavy atom. The first-order valence-electron chi connectivity index (χ1n) is 12.4. The highest BCUT2D eigenvalue weighted by Gasteiger charge is 2.46. The number of carbonyl (C=O) groups excluding carboxylic acids is 2. The van der Waals surface area contributed by atoms with Crippen molar-refractivity contribution in [3.63, 3.8) is 0 Å². The third-order valence-corrected chi connectivity index (χ3v) is 7.69. The van der Waals surface area contributed by atoms with Gasteiger partial charge in [-0.2, -0.15) is 31.4 Å². The number of nitrogens with zero attached hydrogens (tertiary/aromatic N) is 2. The SMILES string of the molecule is CS(=O)(=O)CC(=O)Nc1c(-c2ccc(C(F)(F)F)cc2)nn2c1C(=O)N[C@@]1(CCc3cc(OCC(F)(F)F)ccc31)C2. The van der Waals surface area contributed by atoms with Crippen LogP contribution >= 0.6 is 0 Å². The summed E-state index contributed by atoms with van der Waals surface area (Å²) in [6.45, 7) is -1.45. The van der Waals surface area contributed by atoms with Crippen LogP contribution in [0, 0.1) is 0 Å². The van der Waals surface area contributed by atoms with Crippen molar-refractivity contribution in [2.24, 2.45) is 0 Å². The number of anilines is 1. The van der Waals surface area contributed by atoms with Crippen LogP contribution in [0.3, 0.4) is 0 Å². The number of ether oxygens (including phenoxy) is 1. The molecule has 5 rings (SSSR count). The molecule has 2 amide bonds. The maximum absolute atomic E-state index is 13.5. The number of nitrogens with one attached hydrogen (secondary N) is 2. The van der Waals surface area contributed by atoms with Crippen LogP contribution in [-0.2, 0) is 39.3 Å². The van der Waals surface area contributed by atoms with Crippen LogP contribution in [0.15, 0.2) is 42.5 Å². The lowest BCUT2D eigenvalue weighted by Crippen LogP contribution is -2.52. The van der Waals surface area contributed by atoms with E-state index in [1.807, 2.05) is 0 Å². The second-order valence-corrected chi connectivity index (χ2v) is 12.3. The van der Waals surface area contributed by atoms with Gasteiger partial charge in [-0.15, -0.1) is 0 Å². The third kappa shape index (κ3) is 5.93. The molecule has 1 aromatic heterocycles. The van der Waals surface area contributed by atoms with E-state index in [4.69, 9.17) is 4.74 Å². The largest absolute Gasteiger partial charge is 0.484 e. The standard InChI is InChI=1S/C26H22F6N4O5S/c1-42(39,40)11-19(37)33-21-20(14-2-4-16(5-3-14)26(30,31)32)35-36-12-24(34-23(38)22(21)36)9-8-15-10-17(6-7-18(15)24)41-13-25(27,28)29/h2-7,10H,8-9,11-13H2,1H3,(H,33,37)(H,34,38)/t24-/m0/s1. The Bertz CT molecular complexity index is 1680. The van der Waals surface area contributed by atoms with Gasteiger partial charge >= 0.3 is 12.4 Å². The Morgan fingerprint density at radius 3 is 2.43 bits per heavy atom. The summed E-state index contributed by atoms with van der Waals surface area (Å²) in [6, 6.07) is 8.22. The number of amides is 2. The predicted molar refractivity (Wildman–Crippen MR) is 136 cm³/mol. The van der Waals surface area contributed by atoms with E-state index >= 15 is 0 Å². The second-order valence-electron chi connectivity index (χ2n) is 10.2. The number of halogens is 6. The van der Waals surface area contributed by atoms with Crippen molar-refractivity contribution in [1.82, 2.24) is 15.1 Å². The molecule has 0 radical (unpaired) electrons. The Labute approximate surface area is 234 Å². The van der Waals surface area contributed by atoms with Gasteiger partial charge in [0.1, 0.15) is 22.9 Å². The van der Waals surface area contributed by atoms with E-state index in [0.717, 1.165) is 30.5 Å². The average molecular weight is 617 g/mol. The van der Waals surface area contributed by atoms with Gasteiger partial charge in [0, 0.05) is 11.8 Å². The minimum Gasteiger partial charge on any atom is -0.484 e. The minimum absolute atomic E-state index is 0.00510. The molecule has 42 heavy (non-hydrogen) atoms. The van der Waals surface area contributed by atoms with E-state index in [1.165, 1.54) is 16.8 Å². The fourth-order valence-electron chi connectivity index (χ4n) is 5.21. The van der Waals surface area contributed by atoms with Crippen LogP contribution in [0.4, 0.5) is 32.0 Å². The zero-order valence-electron chi connectivity index (χ0n) is 21.7. The molecule has 2 aromatic carbocycles. The number of aryl methyl sites for hydroxylation is 1. The highest BCUT2D eigenvalue weighted by atomic mass is 32.2. The Hall–Kier alpha value is -4.08. The fraction of sp³-hybridized carbons (Fsp3) is 0.346. The zero-order valence-corrected chi connectivity index (χ0v) is 22.5. The monoisotopic (exact) mass is 616 g/mol. The molecule has 1 spiro atoms. The molecule has 224 valence electrons. The first-order chi connectivity index (χ1) is 19.4. The van der Waals surface area contributed by atoms with E-state index in [1.54, 1.807) is 6.07 Å². The van der Waals surface area contributed by atoms with Crippen molar-refractivity contribution in [2.45, 2.75) is 37.3 Å². The van der Waals surface area contributed by atoms with Crippen molar-refractivity contribution >= 4 is 27.3 Å². The molecule has 1 aliphatic heterocycles. The van der Waals surface area contributed by atoms with Gasteiger partial charge in [0.25, 0.3) is 5.91 Å². The zero-order chi connectivity index (χ0) is 30.7. The lowest BCUT2D eigenvalue weighted by molar-refractivity contribution is -0.153. The van der Waals surface area contributed by atoms with Gasteiger partial charge in [0.15, 0.2) is 22.1 Å². The van der Waals surface area contributed by atoms with Gasteiger partial charge in [-0.1, -0.05) is 18.2 Å². The van der Waals surface area contributed by atoms with E-state index in [9.17, 15) is 44.3 Å². The first-order valence-corrected chi connectivity index (χ1v) is 14.4. The maximum Gasteiger partial charge on any atom is 0.422 e. The molecule has 2 N–H and O–H groups in total. The first kappa shape index (κ1) is 29.4. The van der Waals surface area contributed by atoms with Crippen LogP contribution in [0.2, 0.25) is 0 Å². The molecule has 0 fully saturated rings. The number of hydrogen-bond donors (Lipinski definition) is 2. The molecule has 16 heteroatoms. The highest BCUT2D eigenvalue weighted by molar-refractivity contribution is 7.91. The van der Waals surface area contributed by atoms with Gasteiger partial charge in [-0.25, -0.2) is 8.42 Å². The van der Waals surface area contributed by atoms with E-state index in [2.05, 4.69) is 15.7 Å². The summed E-state index contributed by atoms with van der Waals surface area (Å²) in [5, 5.41) is 9.72. The van der Waals surface area contributed by atoms with E-state index in [-0.39, 0.29) is 34.9 Å². The Balaban J connectivity index is 1.53. The normalized spacial score (nSPS) is 18.4. The highest BCUT2D eigenvalue weighted by Crippen LogP contribution is 2.44. The maximum atomic E-state index is 13.5. The third-order valence-electron chi connectivity index (χ3n) is 6.90. The van der Waals surface area contributed by atoms with Gasteiger partial charge in [-0.3, -0.25) is 14.3 Å². The molecular weight excluding hydrogens is 594 g/mol. The van der Waals surface area contributed by atoms with Crippen LogP contribution in [0.5, 0.6) is 5.75 Å². The van der Waals surface area contributed by atoms with Crippen molar-refractivity contribution in [3.8, 4) is 17.0 Å². The lowest BCUT2D eigenvalue weighted by atomic mass is 9.89. The fourth-order valence-corrected chi connectivity index (χ4v) is 5.75. The van der Waals surface area contributed by atoms with Crippen LogP contribution in [0.1, 0.15) is 33.6 Å². The summed E-state index contributed by atoms with van der Waals surface area (Å²) in [5.74, 6) is -2.59. The number of hydrogen-bond acceptors (Lipinski definition) is 6. The molecule has 0 unspecified atom stereocenters. The molecule has 9 nitrogen and oxygen atoms in total. The number of alkyl halides is 6. The molecule has 0 bridgehead atoms. The molecule has 3 aromatic rings. The van der Waals surface area contributed by atoms with Gasteiger partial charge in [0.2, 0.25) is 5.91 Å². The summed E-state index contributed by atoms with van der Waals surface area (Å²) < 4.78 is 107. The van der Waals surface area contributed by atoms with Gasteiger partial charge in [0.05, 0.1) is 17.6 Å². The lowest BCUT2D eigenvalue weighted by Gasteiger charge is -2.36. The second kappa shape index (κ2) is 10.0. The number of fused-ring (bicyclic) bond motifs is 3. The average Bonchev–Trinajstić information content (AvgIpc) is 3.39. The molecule has 0 saturated carbocycles. The molecule has 2 heterocycles. The summed E-state index contributed by atoms with van der Waals surface area (Å²) in [4.78, 5) is 26.1. The number of benzene rings is 2. The molecular formula is C26H22F6N4O5S. The van der Waals surface area contributed by atoms with Gasteiger partial charge in [-0.05, 0) is 48.2 Å². The minimum atomic E-state index is -4.61. The van der Waals surface area contributed by atoms with Crippen molar-refractivity contribution in [3.05, 3.63) is 64.8 Å². The Kier molecular flexibility index (Phi) is 7.02. The summed E-state index contributed by atoms with van der Waals surface area (Å²) in [7, 11) is -3.77. The predicted octanol–water partition coefficient (Wildman–Crippen LogP) is 4.08. The van der Waals surface area contributed by atoms with Crippen LogP contribution < -0.4 is 15.4 Å². The molecule has 0 saturated heterocycles. The number of rotatable bonds is 6. The molecule has 1 atom stereocenters. The summed E-state index contributed by atoms with van der Waals surface area (Å²) in [5.41, 5.74) is -0.942. The van der Waals surface area contributed by atoms with Crippen molar-refractivity contribution in [2.75, 3.05) is 23.9 Å². The summed E-state index contributed by atoms with van der Waals surface area (Å²) >= 11 is 0. The Morgan fingerprint density at radius 2 is 1.81 bits per heavy atom. The number of sulfone groups is 1. The van der Waals surface area contributed by atoms with Gasteiger partial charge < -0.3 is 15.4 Å². The molecule has 2 aliphatic rings. The number of carbonyl (C=O) groups is 2. The van der Waals surface area contributed by atoms with Crippen LogP contribution in [-0.4, -0.2) is 54.8 Å².